The predicted octanol–water partition coefficient (Wildman–Crippen LogP) is 7.05. The van der Waals surface area contributed by atoms with Crippen molar-refractivity contribution in [2.24, 2.45) is 0 Å². The Hall–Kier alpha value is -4.27. The van der Waals surface area contributed by atoms with Gasteiger partial charge in [0.1, 0.15) is 11.6 Å². The fourth-order valence-electron chi connectivity index (χ4n) is 5.05. The summed E-state index contributed by atoms with van der Waals surface area (Å²) >= 11 is 0. The molecule has 8 heteroatoms. The largest absolute Gasteiger partial charge is 0.497 e. The highest BCUT2D eigenvalue weighted by Crippen LogP contribution is 2.30. The normalized spacial score (nSPS) is 12.9. The van der Waals surface area contributed by atoms with Crippen LogP contribution in [0.1, 0.15) is 50.7 Å². The number of methoxy groups -OCH3 is 1. The molecule has 0 saturated heterocycles. The van der Waals surface area contributed by atoms with Gasteiger partial charge in [0, 0.05) is 7.05 Å². The lowest BCUT2D eigenvalue weighted by Crippen LogP contribution is -2.35. The molecule has 222 valence electrons. The molecular formula is C35H37N3O4S. The molecule has 0 aliphatic rings. The first-order chi connectivity index (χ1) is 20.3. The molecule has 5 aromatic rings. The van der Waals surface area contributed by atoms with Crippen molar-refractivity contribution in [3.63, 3.8) is 0 Å². The van der Waals surface area contributed by atoms with Crippen molar-refractivity contribution < 1.29 is 13.2 Å². The van der Waals surface area contributed by atoms with Crippen LogP contribution in [0.25, 0.3) is 27.7 Å². The molecule has 4 aromatic carbocycles. The molecule has 0 spiro atoms. The van der Waals surface area contributed by atoms with E-state index in [1.165, 1.54) is 15.9 Å². The molecule has 0 aliphatic heterocycles. The molecule has 1 aromatic heterocycles. The smallest absolute Gasteiger partial charge is 0.266 e. The van der Waals surface area contributed by atoms with Crippen LogP contribution in [0.4, 0.5) is 0 Å². The zero-order chi connectivity index (χ0) is 31.1. The second-order valence-electron chi connectivity index (χ2n) is 11.9. The quantitative estimate of drug-likeness (QED) is 0.201. The van der Waals surface area contributed by atoms with Crippen molar-refractivity contribution in [2.75, 3.05) is 14.2 Å². The molecular weight excluding hydrogens is 558 g/mol. The summed E-state index contributed by atoms with van der Waals surface area (Å²) in [5.41, 5.74) is 4.61. The number of fused-ring (bicyclic) bond motifs is 1. The van der Waals surface area contributed by atoms with Crippen LogP contribution in [0.15, 0.2) is 101 Å². The molecule has 0 bridgehead atoms. The molecule has 0 saturated carbocycles. The van der Waals surface area contributed by atoms with E-state index < -0.39 is 16.1 Å². The lowest BCUT2D eigenvalue weighted by molar-refractivity contribution is 0.379. The predicted molar refractivity (Wildman–Crippen MR) is 173 cm³/mol. The standard InChI is InChI=1S/C35H37N3O4S/c1-23-8-15-28(16-9-23)38-33(24(2)37(6)43(40,41)30-19-13-27(14-20-30)35(3,4)5)36-32-21-12-26(22-31(32)34(38)39)25-10-17-29(42-7)18-11-25/h8-22,24H,1-7H3. The number of ether oxygens (including phenoxy) is 1. The third-order valence-electron chi connectivity index (χ3n) is 7.93. The first kappa shape index (κ1) is 30.2. The van der Waals surface area contributed by atoms with Gasteiger partial charge in [0.05, 0.1) is 34.6 Å². The van der Waals surface area contributed by atoms with Crippen molar-refractivity contribution in [1.29, 1.82) is 0 Å². The van der Waals surface area contributed by atoms with E-state index in [1.54, 1.807) is 26.2 Å². The third-order valence-corrected chi connectivity index (χ3v) is 9.87. The Morgan fingerprint density at radius 3 is 2.05 bits per heavy atom. The molecule has 0 radical (unpaired) electrons. The first-order valence-electron chi connectivity index (χ1n) is 14.2. The maximum atomic E-state index is 14.2. The maximum absolute atomic E-state index is 14.2. The molecule has 0 amide bonds. The number of hydrogen-bond acceptors (Lipinski definition) is 5. The number of hydrogen-bond donors (Lipinski definition) is 0. The van der Waals surface area contributed by atoms with E-state index in [2.05, 4.69) is 20.8 Å². The summed E-state index contributed by atoms with van der Waals surface area (Å²) < 4.78 is 35.7. The molecule has 0 fully saturated rings. The fraction of sp³-hybridized carbons (Fsp3) is 0.257. The third kappa shape index (κ3) is 5.85. The lowest BCUT2D eigenvalue weighted by Gasteiger charge is -2.27. The lowest BCUT2D eigenvalue weighted by atomic mass is 9.87. The second-order valence-corrected chi connectivity index (χ2v) is 13.9. The van der Waals surface area contributed by atoms with Gasteiger partial charge in [0.2, 0.25) is 10.0 Å². The monoisotopic (exact) mass is 595 g/mol. The highest BCUT2D eigenvalue weighted by molar-refractivity contribution is 7.89. The second kappa shape index (κ2) is 11.4. The van der Waals surface area contributed by atoms with E-state index >= 15 is 0 Å². The van der Waals surface area contributed by atoms with Crippen LogP contribution in [0, 0.1) is 6.92 Å². The molecule has 0 aliphatic carbocycles. The highest BCUT2D eigenvalue weighted by Gasteiger charge is 2.30. The van der Waals surface area contributed by atoms with Crippen LogP contribution in [0.2, 0.25) is 0 Å². The Bertz CT molecular complexity index is 1940. The average molecular weight is 596 g/mol. The van der Waals surface area contributed by atoms with E-state index in [0.29, 0.717) is 22.4 Å². The fourth-order valence-corrected chi connectivity index (χ4v) is 6.38. The highest BCUT2D eigenvalue weighted by atomic mass is 32.2. The first-order valence-corrected chi connectivity index (χ1v) is 15.6. The molecule has 1 heterocycles. The van der Waals surface area contributed by atoms with Crippen LogP contribution in [0.5, 0.6) is 5.75 Å². The van der Waals surface area contributed by atoms with Gasteiger partial charge in [-0.2, -0.15) is 4.31 Å². The molecule has 1 unspecified atom stereocenters. The molecule has 1 atom stereocenters. The van der Waals surface area contributed by atoms with Crippen molar-refractivity contribution in [1.82, 2.24) is 13.9 Å². The van der Waals surface area contributed by atoms with Crippen LogP contribution < -0.4 is 10.3 Å². The van der Waals surface area contributed by atoms with E-state index in [1.807, 2.05) is 85.8 Å². The summed E-state index contributed by atoms with van der Waals surface area (Å²) in [5.74, 6) is 1.08. The van der Waals surface area contributed by atoms with Gasteiger partial charge in [0.15, 0.2) is 0 Å². The average Bonchev–Trinajstić information content (AvgIpc) is 3.00. The summed E-state index contributed by atoms with van der Waals surface area (Å²) in [6, 6.07) is 27.0. The van der Waals surface area contributed by atoms with Gasteiger partial charge in [-0.3, -0.25) is 9.36 Å². The Kier molecular flexibility index (Phi) is 8.03. The number of nitrogens with zero attached hydrogens (tertiary/aromatic N) is 3. The van der Waals surface area contributed by atoms with Gasteiger partial charge in [0.25, 0.3) is 5.56 Å². The number of rotatable bonds is 7. The van der Waals surface area contributed by atoms with E-state index in [9.17, 15) is 13.2 Å². The summed E-state index contributed by atoms with van der Waals surface area (Å²) in [6.07, 6.45) is 0. The van der Waals surface area contributed by atoms with Crippen molar-refractivity contribution >= 4 is 20.9 Å². The Labute approximate surface area is 253 Å². The minimum atomic E-state index is -3.90. The Morgan fingerprint density at radius 2 is 1.47 bits per heavy atom. The summed E-state index contributed by atoms with van der Waals surface area (Å²) in [7, 11) is -0.754. The zero-order valence-corrected chi connectivity index (χ0v) is 26.4. The Morgan fingerprint density at radius 1 is 0.860 bits per heavy atom. The number of sulfonamides is 1. The molecule has 5 rings (SSSR count). The van der Waals surface area contributed by atoms with Gasteiger partial charge in [-0.15, -0.1) is 0 Å². The zero-order valence-electron chi connectivity index (χ0n) is 25.6. The van der Waals surface area contributed by atoms with E-state index in [-0.39, 0.29) is 15.9 Å². The van der Waals surface area contributed by atoms with Gasteiger partial charge in [-0.25, -0.2) is 13.4 Å². The number of aromatic nitrogens is 2. The number of benzene rings is 4. The summed E-state index contributed by atoms with van der Waals surface area (Å²) in [6.45, 7) is 9.98. The molecule has 43 heavy (non-hydrogen) atoms. The van der Waals surface area contributed by atoms with E-state index in [4.69, 9.17) is 9.72 Å². The van der Waals surface area contributed by atoms with Crippen LogP contribution in [-0.4, -0.2) is 36.4 Å². The van der Waals surface area contributed by atoms with Crippen molar-refractivity contribution in [2.45, 2.75) is 51.0 Å². The molecule has 7 nitrogen and oxygen atoms in total. The van der Waals surface area contributed by atoms with Gasteiger partial charge < -0.3 is 4.74 Å². The van der Waals surface area contributed by atoms with Crippen LogP contribution in [0.3, 0.4) is 0 Å². The van der Waals surface area contributed by atoms with Crippen LogP contribution >= 0.6 is 0 Å². The van der Waals surface area contributed by atoms with Gasteiger partial charge >= 0.3 is 0 Å². The number of aryl methyl sites for hydroxylation is 1. The van der Waals surface area contributed by atoms with Gasteiger partial charge in [-0.1, -0.05) is 68.8 Å². The van der Waals surface area contributed by atoms with Crippen molar-refractivity contribution in [3.8, 4) is 22.6 Å². The summed E-state index contributed by atoms with van der Waals surface area (Å²) in [5, 5.41) is 0.438. The SMILES string of the molecule is COc1ccc(-c2ccc3nc(C(C)N(C)S(=O)(=O)c4ccc(C(C)(C)C)cc4)n(-c4ccc(C)cc4)c(=O)c3c2)cc1. The van der Waals surface area contributed by atoms with E-state index in [0.717, 1.165) is 28.0 Å². The Balaban J connectivity index is 1.64. The maximum Gasteiger partial charge on any atom is 0.266 e. The molecule has 0 N–H and O–H groups in total. The van der Waals surface area contributed by atoms with Gasteiger partial charge in [-0.05, 0) is 84.5 Å². The topological polar surface area (TPSA) is 81.5 Å². The van der Waals surface area contributed by atoms with Crippen LogP contribution in [-0.2, 0) is 15.4 Å². The van der Waals surface area contributed by atoms with Crippen molar-refractivity contribution in [3.05, 3.63) is 118 Å². The minimum absolute atomic E-state index is 0.103. The summed E-state index contributed by atoms with van der Waals surface area (Å²) in [4.78, 5) is 19.3. The minimum Gasteiger partial charge on any atom is -0.497 e.